The number of unbranched alkanes of at least 4 members (excludes halogenated alkanes) is 5. The summed E-state index contributed by atoms with van der Waals surface area (Å²) in [5, 5.41) is 39.5. The molecular weight excluding hydrogens is 456 g/mol. The average Bonchev–Trinajstić information content (AvgIpc) is 3.55. The predicted molar refractivity (Wildman–Crippen MR) is 131 cm³/mol. The molecular formula is C26H46O9. The Kier molecular flexibility index (Phi) is 12.6. The summed E-state index contributed by atoms with van der Waals surface area (Å²) in [5.41, 5.74) is 0.708. The predicted octanol–water partition coefficient (Wildman–Crippen LogP) is 2.84. The third kappa shape index (κ3) is 10.6. The van der Waals surface area contributed by atoms with Gasteiger partial charge in [0.15, 0.2) is 0 Å². The maximum atomic E-state index is 12.1. The number of carbonyl (C=O) groups is 2. The summed E-state index contributed by atoms with van der Waals surface area (Å²) < 4.78 is 16.7. The van der Waals surface area contributed by atoms with Crippen molar-refractivity contribution in [3.8, 4) is 0 Å². The highest BCUT2D eigenvalue weighted by Gasteiger charge is 2.48. The molecule has 2 saturated heterocycles. The van der Waals surface area contributed by atoms with Gasteiger partial charge in [-0.25, -0.2) is 4.79 Å². The molecule has 2 heterocycles. The molecule has 0 saturated carbocycles. The Bertz CT molecular complexity index is 699. The number of epoxide rings is 1. The van der Waals surface area contributed by atoms with E-state index in [1.807, 2.05) is 6.92 Å². The molecule has 9 nitrogen and oxygen atoms in total. The number of aliphatic hydroxyl groups excluding tert-OH is 3. The number of carboxylic acids is 1. The lowest BCUT2D eigenvalue weighted by atomic mass is 9.85. The maximum absolute atomic E-state index is 12.1. The van der Waals surface area contributed by atoms with E-state index in [1.165, 1.54) is 6.08 Å². The van der Waals surface area contributed by atoms with Crippen LogP contribution < -0.4 is 0 Å². The minimum Gasteiger partial charge on any atom is -0.481 e. The monoisotopic (exact) mass is 502 g/mol. The van der Waals surface area contributed by atoms with Crippen LogP contribution in [0.3, 0.4) is 0 Å². The van der Waals surface area contributed by atoms with Crippen LogP contribution in [0.5, 0.6) is 0 Å². The number of carbonyl (C=O) groups excluding carboxylic acids is 1. The van der Waals surface area contributed by atoms with E-state index < -0.39 is 36.4 Å². The van der Waals surface area contributed by atoms with Crippen molar-refractivity contribution in [2.24, 2.45) is 11.8 Å². The maximum Gasteiger partial charge on any atom is 0.330 e. The number of carboxylic acid groups (broad SMARTS) is 1. The molecule has 0 amide bonds. The van der Waals surface area contributed by atoms with Gasteiger partial charge in [-0.3, -0.25) is 4.79 Å². The summed E-state index contributed by atoms with van der Waals surface area (Å²) in [6.45, 7) is 6.07. The Morgan fingerprint density at radius 3 is 2.37 bits per heavy atom. The van der Waals surface area contributed by atoms with Gasteiger partial charge >= 0.3 is 11.9 Å². The number of ether oxygens (including phenoxy) is 3. The van der Waals surface area contributed by atoms with E-state index in [-0.39, 0.29) is 31.9 Å². The number of aliphatic hydroxyl groups is 3. The van der Waals surface area contributed by atoms with E-state index in [0.717, 1.165) is 32.1 Å². The molecule has 0 aromatic carbocycles. The van der Waals surface area contributed by atoms with Crippen molar-refractivity contribution in [2.75, 3.05) is 13.2 Å². The van der Waals surface area contributed by atoms with Crippen LogP contribution in [0.2, 0.25) is 0 Å². The van der Waals surface area contributed by atoms with Gasteiger partial charge in [0.25, 0.3) is 0 Å². The minimum atomic E-state index is -1.06. The number of rotatable bonds is 16. The van der Waals surface area contributed by atoms with Crippen molar-refractivity contribution < 1.29 is 45.7 Å². The molecule has 0 bridgehead atoms. The van der Waals surface area contributed by atoms with Gasteiger partial charge in [-0.2, -0.15) is 0 Å². The number of esters is 1. The second-order valence-corrected chi connectivity index (χ2v) is 10.2. The number of aliphatic carboxylic acids is 1. The second-order valence-electron chi connectivity index (χ2n) is 10.2. The van der Waals surface area contributed by atoms with Crippen molar-refractivity contribution in [2.45, 2.75) is 115 Å². The van der Waals surface area contributed by atoms with Crippen LogP contribution >= 0.6 is 0 Å². The summed E-state index contributed by atoms with van der Waals surface area (Å²) in [6.07, 6.45) is 4.61. The normalized spacial score (nSPS) is 30.5. The lowest BCUT2D eigenvalue weighted by Gasteiger charge is -2.38. The molecule has 204 valence electrons. The van der Waals surface area contributed by atoms with E-state index in [9.17, 15) is 24.9 Å². The Labute approximate surface area is 209 Å². The first kappa shape index (κ1) is 29.7. The first-order valence-corrected chi connectivity index (χ1v) is 13.0. The highest BCUT2D eigenvalue weighted by atomic mass is 16.6. The molecule has 4 N–H and O–H groups in total. The molecule has 2 aliphatic rings. The quantitative estimate of drug-likeness (QED) is 0.108. The van der Waals surface area contributed by atoms with E-state index in [0.29, 0.717) is 38.0 Å². The average molecular weight is 503 g/mol. The Balaban J connectivity index is 0.00000648. The molecule has 2 aliphatic heterocycles. The molecule has 0 radical (unpaired) electrons. The molecule has 35 heavy (non-hydrogen) atoms. The molecule has 0 aromatic heterocycles. The molecule has 0 aromatic rings. The van der Waals surface area contributed by atoms with Crippen molar-refractivity contribution in [3.05, 3.63) is 11.6 Å². The molecule has 9 heteroatoms. The molecule has 2 rings (SSSR count). The summed E-state index contributed by atoms with van der Waals surface area (Å²) in [7, 11) is 0. The van der Waals surface area contributed by atoms with Crippen molar-refractivity contribution in [1.29, 1.82) is 0 Å². The van der Waals surface area contributed by atoms with Crippen LogP contribution in [0.4, 0.5) is 0 Å². The number of hydrogen-bond acceptors (Lipinski definition) is 8. The van der Waals surface area contributed by atoms with Crippen LogP contribution in [0, 0.1) is 11.8 Å². The van der Waals surface area contributed by atoms with Gasteiger partial charge in [-0.1, -0.05) is 38.2 Å². The standard InChI is InChI=1S/C26H44O9.H2/c1-16(13-23(30)33-11-9-7-5-4-6-8-10-22(28)29)12-20-25(32)24(31)19(15-34-20)14-21-26(35-21)17(2)18(3)27;/h13,17-21,24-27,31-32H,4-12,14-15H2,1-3H3,(H,28,29);1H/b16-13+;/t17-,18+,19-,20-,21-,24+,25?,26-;/m0./s1. The number of hydrogen-bond donors (Lipinski definition) is 4. The first-order valence-electron chi connectivity index (χ1n) is 13.0. The largest absolute Gasteiger partial charge is 0.481 e. The minimum absolute atomic E-state index is 0. The Morgan fingerprint density at radius 1 is 1.06 bits per heavy atom. The lowest BCUT2D eigenvalue weighted by Crippen LogP contribution is -2.50. The zero-order valence-electron chi connectivity index (χ0n) is 21.3. The SMILES string of the molecule is C/C(=C\C(=O)OCCCCCCCCC(=O)O)C[C@@H]1OC[C@H](C[C@@H]2O[C@H]2[C@@H](C)[C@@H](C)O)[C@@H](O)C1O.[HH]. The highest BCUT2D eigenvalue weighted by Crippen LogP contribution is 2.38. The van der Waals surface area contributed by atoms with Gasteiger partial charge in [0.2, 0.25) is 0 Å². The van der Waals surface area contributed by atoms with Gasteiger partial charge in [0.05, 0.1) is 43.7 Å². The fraction of sp³-hybridized carbons (Fsp3) is 0.846. The van der Waals surface area contributed by atoms with Gasteiger partial charge in [-0.05, 0) is 39.5 Å². The zero-order chi connectivity index (χ0) is 26.0. The van der Waals surface area contributed by atoms with Gasteiger partial charge < -0.3 is 34.6 Å². The van der Waals surface area contributed by atoms with E-state index in [4.69, 9.17) is 19.3 Å². The lowest BCUT2D eigenvalue weighted by molar-refractivity contribution is -0.165. The van der Waals surface area contributed by atoms with Crippen molar-refractivity contribution >= 4 is 11.9 Å². The molecule has 0 spiro atoms. The first-order chi connectivity index (χ1) is 16.6. The van der Waals surface area contributed by atoms with E-state index in [2.05, 4.69) is 0 Å². The van der Waals surface area contributed by atoms with Crippen molar-refractivity contribution in [1.82, 2.24) is 0 Å². The summed E-state index contributed by atoms with van der Waals surface area (Å²) in [4.78, 5) is 22.5. The van der Waals surface area contributed by atoms with Gasteiger partial charge in [0.1, 0.15) is 6.10 Å². The van der Waals surface area contributed by atoms with E-state index >= 15 is 0 Å². The Morgan fingerprint density at radius 2 is 1.71 bits per heavy atom. The van der Waals surface area contributed by atoms with Crippen LogP contribution in [0.15, 0.2) is 11.6 Å². The third-order valence-electron chi connectivity index (χ3n) is 7.09. The van der Waals surface area contributed by atoms with Crippen LogP contribution in [-0.2, 0) is 23.8 Å². The zero-order valence-corrected chi connectivity index (χ0v) is 21.3. The topological polar surface area (TPSA) is 146 Å². The summed E-state index contributed by atoms with van der Waals surface area (Å²) >= 11 is 0. The van der Waals surface area contributed by atoms with Gasteiger partial charge in [0, 0.05) is 25.8 Å². The second kappa shape index (κ2) is 14.9. The van der Waals surface area contributed by atoms with Crippen LogP contribution in [-0.4, -0.2) is 82.2 Å². The molecule has 1 unspecified atom stereocenters. The highest BCUT2D eigenvalue weighted by molar-refractivity contribution is 5.82. The molecule has 8 atom stereocenters. The Hall–Kier alpha value is -1.52. The summed E-state index contributed by atoms with van der Waals surface area (Å²) in [6, 6.07) is 0. The fourth-order valence-corrected chi connectivity index (χ4v) is 4.59. The van der Waals surface area contributed by atoms with Gasteiger partial charge in [-0.15, -0.1) is 0 Å². The van der Waals surface area contributed by atoms with E-state index in [1.54, 1.807) is 13.8 Å². The smallest absolute Gasteiger partial charge is 0.330 e. The third-order valence-corrected chi connectivity index (χ3v) is 7.09. The molecule has 2 fully saturated rings. The fourth-order valence-electron chi connectivity index (χ4n) is 4.59. The van der Waals surface area contributed by atoms with Crippen LogP contribution in [0.25, 0.3) is 0 Å². The summed E-state index contributed by atoms with van der Waals surface area (Å²) in [5.74, 6) is -1.42. The van der Waals surface area contributed by atoms with Crippen LogP contribution in [0.1, 0.15) is 80.0 Å². The molecule has 0 aliphatic carbocycles. The van der Waals surface area contributed by atoms with Crippen molar-refractivity contribution in [3.63, 3.8) is 0 Å².